The fourth-order valence-electron chi connectivity index (χ4n) is 3.20. The largest absolute Gasteiger partial charge is 0.456 e. The van der Waals surface area contributed by atoms with Gasteiger partial charge in [-0.25, -0.2) is 4.98 Å². The van der Waals surface area contributed by atoms with Crippen molar-refractivity contribution in [1.82, 2.24) is 9.97 Å². The van der Waals surface area contributed by atoms with Crippen molar-refractivity contribution in [2.75, 3.05) is 23.5 Å². The molecule has 0 radical (unpaired) electrons. The summed E-state index contributed by atoms with van der Waals surface area (Å²) in [6.45, 7) is 4.13. The van der Waals surface area contributed by atoms with Gasteiger partial charge in [-0.05, 0) is 6.26 Å². The molecule has 1 aliphatic rings. The average molecular weight is 472 g/mol. The van der Waals surface area contributed by atoms with Gasteiger partial charge in [-0.2, -0.15) is 0 Å². The van der Waals surface area contributed by atoms with Gasteiger partial charge in [0.05, 0.1) is 6.61 Å². The first kappa shape index (κ1) is 25.1. The van der Waals surface area contributed by atoms with Gasteiger partial charge in [-0.15, -0.1) is 0 Å². The Kier molecular flexibility index (Phi) is 8.21. The lowest BCUT2D eigenvalue weighted by Crippen LogP contribution is -2.63. The molecule has 0 saturated carbocycles. The van der Waals surface area contributed by atoms with E-state index in [2.05, 4.69) is 9.97 Å². The lowest BCUT2D eigenvalue weighted by atomic mass is 10.0. The molecule has 1 aromatic heterocycles. The number of rotatable bonds is 6. The Balaban J connectivity index is 2.61. The van der Waals surface area contributed by atoms with Crippen LogP contribution < -0.4 is 16.2 Å². The van der Waals surface area contributed by atoms with E-state index in [-0.39, 0.29) is 23.3 Å². The maximum atomic E-state index is 12.7. The molecule has 4 atom stereocenters. The molecule has 2 heterocycles. The zero-order valence-corrected chi connectivity index (χ0v) is 18.9. The third-order valence-electron chi connectivity index (χ3n) is 4.25. The normalized spacial score (nSPS) is 22.5. The summed E-state index contributed by atoms with van der Waals surface area (Å²) in [6, 6.07) is 0. The summed E-state index contributed by atoms with van der Waals surface area (Å²) in [6.07, 6.45) is -3.71. The number of hydrogen-bond donors (Lipinski definition) is 2. The molecular formula is C18H24N4O9S. The number of aromatic amines is 1. The number of nitrogen functional groups attached to an aromatic ring is 1. The monoisotopic (exact) mass is 472 g/mol. The predicted octanol–water partition coefficient (Wildman–Crippen LogP) is -0.422. The first-order valence-corrected chi connectivity index (χ1v) is 10.6. The Labute approximate surface area is 186 Å². The van der Waals surface area contributed by atoms with Gasteiger partial charge in [0.2, 0.25) is 5.91 Å². The number of amides is 1. The Morgan fingerprint density at radius 1 is 1.06 bits per heavy atom. The minimum absolute atomic E-state index is 0.216. The zero-order chi connectivity index (χ0) is 24.2. The van der Waals surface area contributed by atoms with E-state index in [1.165, 1.54) is 0 Å². The number of carbonyl (C=O) groups is 4. The highest BCUT2D eigenvalue weighted by molar-refractivity contribution is 7.98. The van der Waals surface area contributed by atoms with Crippen LogP contribution in [-0.2, 0) is 38.1 Å². The fourth-order valence-corrected chi connectivity index (χ4v) is 3.58. The number of carbonyl (C=O) groups excluding carboxylic acids is 4. The van der Waals surface area contributed by atoms with E-state index in [0.717, 1.165) is 44.4 Å². The molecule has 1 aliphatic heterocycles. The highest BCUT2D eigenvalue weighted by Crippen LogP contribution is 2.30. The lowest BCUT2D eigenvalue weighted by molar-refractivity contribution is -0.225. The van der Waals surface area contributed by atoms with Gasteiger partial charge in [0.15, 0.2) is 41.2 Å². The maximum absolute atomic E-state index is 12.7. The van der Waals surface area contributed by atoms with Crippen LogP contribution in [0, 0.1) is 0 Å². The molecule has 3 N–H and O–H groups in total. The molecule has 0 bridgehead atoms. The Hall–Kier alpha value is -3.13. The molecule has 13 nitrogen and oxygen atoms in total. The summed E-state index contributed by atoms with van der Waals surface area (Å²) < 4.78 is 21.4. The van der Waals surface area contributed by atoms with Crippen molar-refractivity contribution in [3.8, 4) is 0 Å². The van der Waals surface area contributed by atoms with Crippen LogP contribution in [0.5, 0.6) is 0 Å². The van der Waals surface area contributed by atoms with Crippen molar-refractivity contribution < 1.29 is 38.1 Å². The number of H-pyrrole nitrogens is 1. The van der Waals surface area contributed by atoms with Gasteiger partial charge in [-0.3, -0.25) is 33.9 Å². The Morgan fingerprint density at radius 2 is 1.62 bits per heavy atom. The summed E-state index contributed by atoms with van der Waals surface area (Å²) in [5.41, 5.74) is 4.86. The molecule has 0 aromatic carbocycles. The van der Waals surface area contributed by atoms with Crippen LogP contribution in [-0.4, -0.2) is 71.2 Å². The molecule has 1 saturated heterocycles. The summed E-state index contributed by atoms with van der Waals surface area (Å²) >= 11 is 1.13. The van der Waals surface area contributed by atoms with E-state index in [1.54, 1.807) is 6.26 Å². The van der Waals surface area contributed by atoms with Gasteiger partial charge >= 0.3 is 17.9 Å². The number of anilines is 2. The summed E-state index contributed by atoms with van der Waals surface area (Å²) in [7, 11) is 0. The van der Waals surface area contributed by atoms with Crippen molar-refractivity contribution >= 4 is 47.1 Å². The van der Waals surface area contributed by atoms with Crippen molar-refractivity contribution in [1.29, 1.82) is 0 Å². The molecule has 2 rings (SSSR count). The van der Waals surface area contributed by atoms with Gasteiger partial charge in [-0.1, -0.05) is 11.8 Å². The number of hydrogen-bond acceptors (Lipinski definition) is 12. The van der Waals surface area contributed by atoms with E-state index in [9.17, 15) is 24.0 Å². The number of aromatic nitrogens is 2. The van der Waals surface area contributed by atoms with E-state index >= 15 is 0 Å². The summed E-state index contributed by atoms with van der Waals surface area (Å²) in [5.74, 6) is -3.23. The third kappa shape index (κ3) is 5.76. The molecule has 0 spiro atoms. The van der Waals surface area contributed by atoms with Crippen LogP contribution in [0.25, 0.3) is 0 Å². The highest BCUT2D eigenvalue weighted by atomic mass is 32.2. The summed E-state index contributed by atoms with van der Waals surface area (Å²) in [5, 5.41) is 0.216. The molecule has 0 unspecified atom stereocenters. The van der Waals surface area contributed by atoms with Crippen LogP contribution in [0.3, 0.4) is 0 Å². The number of nitrogens with zero attached hydrogens (tertiary/aromatic N) is 2. The molecule has 32 heavy (non-hydrogen) atoms. The van der Waals surface area contributed by atoms with Gasteiger partial charge in [0, 0.05) is 27.7 Å². The predicted molar refractivity (Wildman–Crippen MR) is 111 cm³/mol. The van der Waals surface area contributed by atoms with Crippen LogP contribution in [0.1, 0.15) is 27.7 Å². The topological polar surface area (TPSA) is 180 Å². The fraction of sp³-hybridized carbons (Fsp3) is 0.556. The minimum Gasteiger partial charge on any atom is -0.456 e. The third-order valence-corrected chi connectivity index (χ3v) is 4.83. The number of nitrogens with two attached hydrogens (primary N) is 1. The van der Waals surface area contributed by atoms with Gasteiger partial charge in [0.1, 0.15) is 0 Å². The second-order valence-electron chi connectivity index (χ2n) is 6.72. The Bertz CT molecular complexity index is 966. The number of thioether (sulfide) groups is 1. The van der Waals surface area contributed by atoms with Crippen molar-refractivity contribution in [3.05, 3.63) is 10.4 Å². The minimum atomic E-state index is -1.46. The molecule has 1 aromatic rings. The number of esters is 3. The summed E-state index contributed by atoms with van der Waals surface area (Å²) in [4.78, 5) is 67.7. The molecule has 14 heteroatoms. The van der Waals surface area contributed by atoms with E-state index in [4.69, 9.17) is 24.7 Å². The quantitative estimate of drug-likeness (QED) is 0.236. The first-order valence-electron chi connectivity index (χ1n) is 9.33. The van der Waals surface area contributed by atoms with Crippen LogP contribution in [0.4, 0.5) is 11.5 Å². The van der Waals surface area contributed by atoms with E-state index < -0.39 is 53.9 Å². The zero-order valence-electron chi connectivity index (χ0n) is 18.1. The number of nitrogens with one attached hydrogen (secondary N) is 1. The molecule has 0 aliphatic carbocycles. The molecule has 176 valence electrons. The highest BCUT2D eigenvalue weighted by Gasteiger charge is 2.50. The van der Waals surface area contributed by atoms with Gasteiger partial charge in [0.25, 0.3) is 5.56 Å². The average Bonchev–Trinajstić information content (AvgIpc) is 2.66. The van der Waals surface area contributed by atoms with E-state index in [1.807, 2.05) is 0 Å². The van der Waals surface area contributed by atoms with Crippen molar-refractivity contribution in [2.45, 2.75) is 57.4 Å². The van der Waals surface area contributed by atoms with E-state index in [0.29, 0.717) is 0 Å². The molecule has 1 fully saturated rings. The maximum Gasteiger partial charge on any atom is 0.303 e. The second kappa shape index (κ2) is 10.5. The number of ether oxygens (including phenoxy) is 4. The van der Waals surface area contributed by atoms with Crippen molar-refractivity contribution in [2.24, 2.45) is 0 Å². The van der Waals surface area contributed by atoms with Gasteiger partial charge < -0.3 is 24.7 Å². The SMILES string of the molecule is CSc1nc(N)c(N(C(C)=O)[C@@H]2OC[C@@H](OC(C)=O)[C@H](OC(C)=O)[C@H]2OC(C)=O)c(=O)[nH]1. The second-order valence-corrected chi connectivity index (χ2v) is 7.51. The molecule has 1 amide bonds. The van der Waals surface area contributed by atoms with Crippen LogP contribution in [0.2, 0.25) is 0 Å². The van der Waals surface area contributed by atoms with Crippen molar-refractivity contribution in [3.63, 3.8) is 0 Å². The lowest BCUT2D eigenvalue weighted by Gasteiger charge is -2.44. The smallest absolute Gasteiger partial charge is 0.303 e. The molecular weight excluding hydrogens is 448 g/mol. The Morgan fingerprint density at radius 3 is 2.09 bits per heavy atom. The van der Waals surface area contributed by atoms with Crippen LogP contribution >= 0.6 is 11.8 Å². The van der Waals surface area contributed by atoms with Crippen LogP contribution in [0.15, 0.2) is 9.95 Å². The first-order chi connectivity index (χ1) is 15.0. The standard InChI is InChI=1S/C18H24N4O9S/c1-7(23)22(12-15(19)20-18(32-5)21-16(12)27)17-14(31-10(4)26)13(30-9(3)25)11(6-28-17)29-8(2)24/h11,13-14,17H,6H2,1-5H3,(H3,19,20,21,27)/t11-,13+,14-,17-/m1/s1.